The van der Waals surface area contributed by atoms with Crippen LogP contribution in [0, 0.1) is 5.92 Å². The number of piperidine rings is 1. The molecule has 5 heteroatoms. The van der Waals surface area contributed by atoms with Crippen LogP contribution >= 0.6 is 0 Å². The average Bonchev–Trinajstić information content (AvgIpc) is 2.61. The van der Waals surface area contributed by atoms with Crippen molar-refractivity contribution in [3.63, 3.8) is 0 Å². The molecule has 0 spiro atoms. The van der Waals surface area contributed by atoms with Gasteiger partial charge in [0.05, 0.1) is 7.11 Å². The van der Waals surface area contributed by atoms with Gasteiger partial charge in [0, 0.05) is 25.7 Å². The van der Waals surface area contributed by atoms with Crippen molar-refractivity contribution in [2.24, 2.45) is 16.6 Å². The Morgan fingerprint density at radius 3 is 2.54 bits per heavy atom. The Kier molecular flexibility index (Phi) is 6.91. The van der Waals surface area contributed by atoms with E-state index in [-0.39, 0.29) is 0 Å². The first-order chi connectivity index (χ1) is 11.6. The minimum absolute atomic E-state index is 0.387. The number of nitrogens with two attached hydrogens (primary N) is 1. The maximum atomic E-state index is 6.16. The van der Waals surface area contributed by atoms with Crippen molar-refractivity contribution in [3.05, 3.63) is 29.8 Å². The molecule has 0 radical (unpaired) electrons. The molecule has 5 nitrogen and oxygen atoms in total. The molecule has 1 aliphatic rings. The number of hydrogen-bond donors (Lipinski definition) is 1. The fourth-order valence-corrected chi connectivity index (χ4v) is 3.64. The molecule has 24 heavy (non-hydrogen) atoms. The first kappa shape index (κ1) is 18.6. The van der Waals surface area contributed by atoms with Crippen molar-refractivity contribution in [2.45, 2.75) is 32.7 Å². The number of rotatable bonds is 6. The second kappa shape index (κ2) is 8.92. The zero-order chi connectivity index (χ0) is 17.5. The first-order valence-corrected chi connectivity index (χ1v) is 8.99. The second-order valence-electron chi connectivity index (χ2n) is 6.47. The van der Waals surface area contributed by atoms with Crippen molar-refractivity contribution in [1.82, 2.24) is 9.80 Å². The third-order valence-corrected chi connectivity index (χ3v) is 5.04. The zero-order valence-electron chi connectivity index (χ0n) is 15.5. The minimum Gasteiger partial charge on any atom is -0.497 e. The zero-order valence-corrected chi connectivity index (χ0v) is 15.5. The Morgan fingerprint density at radius 1 is 1.29 bits per heavy atom. The molecular weight excluding hydrogens is 300 g/mol. The largest absolute Gasteiger partial charge is 0.497 e. The van der Waals surface area contributed by atoms with Crippen LogP contribution in [-0.2, 0) is 0 Å². The third kappa shape index (κ3) is 4.41. The lowest BCUT2D eigenvalue weighted by Gasteiger charge is -2.39. The van der Waals surface area contributed by atoms with Gasteiger partial charge in [0.1, 0.15) is 5.75 Å². The summed E-state index contributed by atoms with van der Waals surface area (Å²) in [5.41, 5.74) is 7.49. The van der Waals surface area contributed by atoms with Gasteiger partial charge >= 0.3 is 0 Å². The van der Waals surface area contributed by atoms with Crippen LogP contribution in [-0.4, -0.2) is 56.1 Å². The summed E-state index contributed by atoms with van der Waals surface area (Å²) in [7, 11) is 3.91. The van der Waals surface area contributed by atoms with Gasteiger partial charge in [0.2, 0.25) is 0 Å². The quantitative estimate of drug-likeness (QED) is 0.643. The first-order valence-electron chi connectivity index (χ1n) is 8.99. The molecule has 0 aliphatic carbocycles. The lowest BCUT2D eigenvalue weighted by Crippen LogP contribution is -2.40. The predicted octanol–water partition coefficient (Wildman–Crippen LogP) is 2.73. The Morgan fingerprint density at radius 2 is 1.96 bits per heavy atom. The minimum atomic E-state index is 0.387. The Labute approximate surface area is 146 Å². The highest BCUT2D eigenvalue weighted by Crippen LogP contribution is 2.35. The fraction of sp³-hybridized carbons (Fsp3) is 0.632. The maximum Gasteiger partial charge on any atom is 0.191 e. The molecular formula is C19H32N4O. The number of hydrogen-bond acceptors (Lipinski definition) is 3. The van der Waals surface area contributed by atoms with Gasteiger partial charge in [-0.05, 0) is 63.9 Å². The van der Waals surface area contributed by atoms with Crippen LogP contribution in [0.4, 0.5) is 0 Å². The molecule has 1 aliphatic heterocycles. The summed E-state index contributed by atoms with van der Waals surface area (Å²) >= 11 is 0. The molecule has 2 N–H and O–H groups in total. The molecule has 134 valence electrons. The highest BCUT2D eigenvalue weighted by Gasteiger charge is 2.30. The summed E-state index contributed by atoms with van der Waals surface area (Å²) in [6.07, 6.45) is 2.41. The second-order valence-corrected chi connectivity index (χ2v) is 6.47. The number of methoxy groups -OCH3 is 1. The van der Waals surface area contributed by atoms with Gasteiger partial charge in [-0.2, -0.15) is 0 Å². The lowest BCUT2D eigenvalue weighted by molar-refractivity contribution is 0.125. The van der Waals surface area contributed by atoms with Crippen molar-refractivity contribution in [1.29, 1.82) is 0 Å². The average molecular weight is 332 g/mol. The summed E-state index contributed by atoms with van der Waals surface area (Å²) in [6.45, 7) is 7.93. The number of likely N-dealkylation sites (tertiary alicyclic amines) is 1. The smallest absolute Gasteiger partial charge is 0.191 e. The molecule has 2 rings (SSSR count). The SMILES string of the molecule is CCN(CC)C(N)=NC[C@H]1CCCN(C)[C@H]1c1ccc(OC)cc1. The normalized spacial score (nSPS) is 22.4. The van der Waals surface area contributed by atoms with Gasteiger partial charge in [0.25, 0.3) is 0 Å². The predicted molar refractivity (Wildman–Crippen MR) is 100 cm³/mol. The fourth-order valence-electron chi connectivity index (χ4n) is 3.64. The van der Waals surface area contributed by atoms with E-state index < -0.39 is 0 Å². The molecule has 1 saturated heterocycles. The van der Waals surface area contributed by atoms with Crippen LogP contribution in [0.5, 0.6) is 5.75 Å². The van der Waals surface area contributed by atoms with E-state index >= 15 is 0 Å². The van der Waals surface area contributed by atoms with E-state index in [9.17, 15) is 0 Å². The van der Waals surface area contributed by atoms with E-state index in [1.807, 2.05) is 12.1 Å². The molecule has 0 bridgehead atoms. The van der Waals surface area contributed by atoms with E-state index in [0.717, 1.165) is 31.9 Å². The van der Waals surface area contributed by atoms with Crippen molar-refractivity contribution in [3.8, 4) is 5.75 Å². The van der Waals surface area contributed by atoms with Gasteiger partial charge in [-0.15, -0.1) is 0 Å². The highest BCUT2D eigenvalue weighted by atomic mass is 16.5. The topological polar surface area (TPSA) is 54.1 Å². The van der Waals surface area contributed by atoms with E-state index in [0.29, 0.717) is 17.9 Å². The Hall–Kier alpha value is -1.75. The molecule has 0 saturated carbocycles. The van der Waals surface area contributed by atoms with Crippen LogP contribution in [0.25, 0.3) is 0 Å². The summed E-state index contributed by atoms with van der Waals surface area (Å²) < 4.78 is 5.28. The van der Waals surface area contributed by atoms with Crippen LogP contribution in [0.2, 0.25) is 0 Å². The van der Waals surface area contributed by atoms with Crippen molar-refractivity contribution < 1.29 is 4.74 Å². The molecule has 0 amide bonds. The number of benzene rings is 1. The summed E-state index contributed by atoms with van der Waals surface area (Å²) in [5.74, 6) is 2.06. The monoisotopic (exact) mass is 332 g/mol. The van der Waals surface area contributed by atoms with Gasteiger partial charge < -0.3 is 15.4 Å². The number of ether oxygens (including phenoxy) is 1. The maximum absolute atomic E-state index is 6.16. The number of guanidine groups is 1. The van der Waals surface area contributed by atoms with Crippen LogP contribution in [0.15, 0.2) is 29.3 Å². The lowest BCUT2D eigenvalue weighted by atomic mass is 9.85. The third-order valence-electron chi connectivity index (χ3n) is 5.04. The van der Waals surface area contributed by atoms with Crippen LogP contribution in [0.1, 0.15) is 38.3 Å². The molecule has 1 heterocycles. The van der Waals surface area contributed by atoms with Crippen molar-refractivity contribution in [2.75, 3.05) is 40.3 Å². The summed E-state index contributed by atoms with van der Waals surface area (Å²) in [6, 6.07) is 8.83. The van der Waals surface area contributed by atoms with E-state index in [1.165, 1.54) is 18.4 Å². The van der Waals surface area contributed by atoms with Gasteiger partial charge in [-0.25, -0.2) is 0 Å². The molecule has 0 aromatic heterocycles. The summed E-state index contributed by atoms with van der Waals surface area (Å²) in [4.78, 5) is 9.25. The molecule has 1 aromatic rings. The van der Waals surface area contributed by atoms with Gasteiger partial charge in [-0.3, -0.25) is 9.89 Å². The summed E-state index contributed by atoms with van der Waals surface area (Å²) in [5, 5.41) is 0. The standard InChI is InChI=1S/C19H32N4O/c1-5-23(6-2)19(20)21-14-16-8-7-13-22(3)18(16)15-9-11-17(24-4)12-10-15/h9-12,16,18H,5-8,13-14H2,1-4H3,(H2,20,21)/t16-,18+/m1/s1. The number of aliphatic imine (C=N–C) groups is 1. The van der Waals surface area contributed by atoms with Crippen LogP contribution in [0.3, 0.4) is 0 Å². The molecule has 0 unspecified atom stereocenters. The van der Waals surface area contributed by atoms with Gasteiger partial charge in [0.15, 0.2) is 5.96 Å². The molecule has 2 atom stereocenters. The van der Waals surface area contributed by atoms with E-state index in [2.05, 4.69) is 42.8 Å². The number of nitrogens with zero attached hydrogens (tertiary/aromatic N) is 3. The molecule has 1 fully saturated rings. The highest BCUT2D eigenvalue weighted by molar-refractivity contribution is 5.78. The van der Waals surface area contributed by atoms with Crippen LogP contribution < -0.4 is 10.5 Å². The Balaban J connectivity index is 2.14. The van der Waals surface area contributed by atoms with Gasteiger partial charge in [-0.1, -0.05) is 12.1 Å². The van der Waals surface area contributed by atoms with E-state index in [1.54, 1.807) is 7.11 Å². The Bertz CT molecular complexity index is 525. The molecule has 1 aromatic carbocycles. The van der Waals surface area contributed by atoms with E-state index in [4.69, 9.17) is 15.5 Å². The van der Waals surface area contributed by atoms with Crippen molar-refractivity contribution >= 4 is 5.96 Å².